The molecular weight excluding hydrogens is 274 g/mol. The summed E-state index contributed by atoms with van der Waals surface area (Å²) in [5.41, 5.74) is 0.344. The maximum absolute atomic E-state index is 12.0. The Hall–Kier alpha value is -1.23. The number of aliphatic carboxylic acids is 1. The van der Waals surface area contributed by atoms with Crippen LogP contribution >= 0.6 is 11.8 Å². The van der Waals surface area contributed by atoms with Gasteiger partial charge in [-0.1, -0.05) is 6.92 Å². The van der Waals surface area contributed by atoms with E-state index in [2.05, 4.69) is 0 Å². The number of aromatic nitrogens is 1. The molecule has 0 aliphatic carbocycles. The first-order valence-electron chi connectivity index (χ1n) is 7.08. The Morgan fingerprint density at radius 3 is 2.70 bits per heavy atom. The quantitative estimate of drug-likeness (QED) is 0.906. The first-order chi connectivity index (χ1) is 9.57. The first kappa shape index (κ1) is 15.2. The molecule has 0 bridgehead atoms. The van der Waals surface area contributed by atoms with Crippen molar-refractivity contribution in [2.75, 3.05) is 11.5 Å². The molecule has 20 heavy (non-hydrogen) atoms. The van der Waals surface area contributed by atoms with Crippen LogP contribution in [0.1, 0.15) is 31.7 Å². The van der Waals surface area contributed by atoms with E-state index >= 15 is 0 Å². The second-order valence-electron chi connectivity index (χ2n) is 5.37. The molecule has 1 aromatic heterocycles. The van der Waals surface area contributed by atoms with E-state index in [1.165, 1.54) is 0 Å². The van der Waals surface area contributed by atoms with E-state index in [0.717, 1.165) is 23.5 Å². The average Bonchev–Trinajstić information content (AvgIpc) is 2.46. The van der Waals surface area contributed by atoms with Crippen LogP contribution in [0.25, 0.3) is 0 Å². The van der Waals surface area contributed by atoms with Crippen LogP contribution in [-0.2, 0) is 17.8 Å². The number of rotatable bonds is 5. The van der Waals surface area contributed by atoms with E-state index in [0.29, 0.717) is 25.8 Å². The molecule has 1 fully saturated rings. The van der Waals surface area contributed by atoms with E-state index in [1.54, 1.807) is 16.8 Å². The summed E-state index contributed by atoms with van der Waals surface area (Å²) in [6.45, 7) is 2.50. The summed E-state index contributed by atoms with van der Waals surface area (Å²) in [6.07, 6.45) is 4.57. The van der Waals surface area contributed by atoms with Crippen molar-refractivity contribution in [3.63, 3.8) is 0 Å². The summed E-state index contributed by atoms with van der Waals surface area (Å²) in [5.74, 6) is 1.09. The van der Waals surface area contributed by atoms with E-state index in [9.17, 15) is 14.7 Å². The predicted octanol–water partition coefficient (Wildman–Crippen LogP) is 2.40. The summed E-state index contributed by atoms with van der Waals surface area (Å²) < 4.78 is 1.63. The van der Waals surface area contributed by atoms with E-state index in [1.807, 2.05) is 24.8 Å². The van der Waals surface area contributed by atoms with Gasteiger partial charge >= 0.3 is 5.97 Å². The topological polar surface area (TPSA) is 59.3 Å². The number of hydrogen-bond acceptors (Lipinski definition) is 3. The smallest absolute Gasteiger partial charge is 0.309 e. The molecule has 0 radical (unpaired) electrons. The van der Waals surface area contributed by atoms with Crippen molar-refractivity contribution in [3.05, 3.63) is 34.2 Å². The highest BCUT2D eigenvalue weighted by Crippen LogP contribution is 2.38. The van der Waals surface area contributed by atoms with Gasteiger partial charge < -0.3 is 9.67 Å². The molecule has 0 spiro atoms. The minimum Gasteiger partial charge on any atom is -0.481 e. The Morgan fingerprint density at radius 1 is 1.45 bits per heavy atom. The van der Waals surface area contributed by atoms with Gasteiger partial charge in [-0.15, -0.1) is 0 Å². The molecule has 1 saturated heterocycles. The van der Waals surface area contributed by atoms with Gasteiger partial charge in [0.2, 0.25) is 0 Å². The molecule has 0 aromatic carbocycles. The van der Waals surface area contributed by atoms with Gasteiger partial charge in [-0.25, -0.2) is 0 Å². The van der Waals surface area contributed by atoms with Crippen LogP contribution in [0, 0.1) is 5.41 Å². The lowest BCUT2D eigenvalue weighted by Gasteiger charge is -2.33. The van der Waals surface area contributed by atoms with Crippen LogP contribution < -0.4 is 5.56 Å². The molecule has 1 N–H and O–H groups in total. The number of thioether (sulfide) groups is 1. The van der Waals surface area contributed by atoms with Crippen molar-refractivity contribution in [1.82, 2.24) is 4.57 Å². The van der Waals surface area contributed by atoms with Gasteiger partial charge in [0.15, 0.2) is 0 Å². The lowest BCUT2D eigenvalue weighted by Crippen LogP contribution is -2.37. The molecule has 1 aliphatic rings. The van der Waals surface area contributed by atoms with Crippen LogP contribution in [0.4, 0.5) is 0 Å². The highest BCUT2D eigenvalue weighted by atomic mass is 32.2. The maximum Gasteiger partial charge on any atom is 0.309 e. The molecule has 2 rings (SSSR count). The number of carboxylic acid groups (broad SMARTS) is 1. The van der Waals surface area contributed by atoms with Crippen molar-refractivity contribution in [1.29, 1.82) is 0 Å². The minimum atomic E-state index is -0.712. The van der Waals surface area contributed by atoms with Gasteiger partial charge in [0.25, 0.3) is 5.56 Å². The predicted molar refractivity (Wildman–Crippen MR) is 81.3 cm³/mol. The molecule has 1 aliphatic heterocycles. The van der Waals surface area contributed by atoms with Crippen molar-refractivity contribution in [2.45, 2.75) is 39.2 Å². The Kier molecular flexibility index (Phi) is 4.91. The standard InChI is InChI=1S/C15H21NO3S/c1-2-12-3-7-16(13(17)11-12)8-4-15(14(18)19)5-9-20-10-6-15/h3,7,11H,2,4-6,8-10H2,1H3,(H,18,19). The second-order valence-corrected chi connectivity index (χ2v) is 6.59. The normalized spacial score (nSPS) is 17.9. The number of hydrogen-bond donors (Lipinski definition) is 1. The number of pyridine rings is 1. The molecule has 5 heteroatoms. The lowest BCUT2D eigenvalue weighted by molar-refractivity contribution is -0.150. The van der Waals surface area contributed by atoms with Gasteiger partial charge in [-0.05, 0) is 48.8 Å². The SMILES string of the molecule is CCc1ccn(CCC2(C(=O)O)CCSCC2)c(=O)c1. The van der Waals surface area contributed by atoms with E-state index in [-0.39, 0.29) is 5.56 Å². The van der Waals surface area contributed by atoms with Gasteiger partial charge in [0, 0.05) is 18.8 Å². The monoisotopic (exact) mass is 295 g/mol. The maximum atomic E-state index is 12.0. The summed E-state index contributed by atoms with van der Waals surface area (Å²) in [7, 11) is 0. The van der Waals surface area contributed by atoms with Crippen molar-refractivity contribution in [3.8, 4) is 0 Å². The van der Waals surface area contributed by atoms with Crippen molar-refractivity contribution >= 4 is 17.7 Å². The van der Waals surface area contributed by atoms with Crippen molar-refractivity contribution < 1.29 is 9.90 Å². The van der Waals surface area contributed by atoms with Gasteiger partial charge in [-0.2, -0.15) is 11.8 Å². The molecule has 1 aromatic rings. The summed E-state index contributed by atoms with van der Waals surface area (Å²) in [4.78, 5) is 23.5. The Labute approximate surface area is 123 Å². The number of aryl methyl sites for hydroxylation is 2. The minimum absolute atomic E-state index is 0.0323. The third-order valence-corrected chi connectivity index (χ3v) is 5.19. The highest BCUT2D eigenvalue weighted by molar-refractivity contribution is 7.99. The largest absolute Gasteiger partial charge is 0.481 e. The van der Waals surface area contributed by atoms with Gasteiger partial charge in [0.05, 0.1) is 5.41 Å². The lowest BCUT2D eigenvalue weighted by atomic mass is 9.79. The molecule has 0 saturated carbocycles. The highest BCUT2D eigenvalue weighted by Gasteiger charge is 2.39. The number of carbonyl (C=O) groups is 1. The molecule has 0 amide bonds. The molecule has 0 atom stereocenters. The molecule has 0 unspecified atom stereocenters. The van der Waals surface area contributed by atoms with E-state index in [4.69, 9.17) is 0 Å². The Balaban J connectivity index is 2.10. The fourth-order valence-electron chi connectivity index (χ4n) is 2.62. The second kappa shape index (κ2) is 6.48. The van der Waals surface area contributed by atoms with Crippen LogP contribution in [0.2, 0.25) is 0 Å². The first-order valence-corrected chi connectivity index (χ1v) is 8.23. The zero-order valence-corrected chi connectivity index (χ0v) is 12.6. The zero-order valence-electron chi connectivity index (χ0n) is 11.8. The van der Waals surface area contributed by atoms with Crippen LogP contribution in [0.5, 0.6) is 0 Å². The number of carboxylic acids is 1. The summed E-state index contributed by atoms with van der Waals surface area (Å²) in [5, 5.41) is 9.52. The van der Waals surface area contributed by atoms with E-state index < -0.39 is 11.4 Å². The fourth-order valence-corrected chi connectivity index (χ4v) is 3.90. The van der Waals surface area contributed by atoms with Crippen LogP contribution in [-0.4, -0.2) is 27.1 Å². The van der Waals surface area contributed by atoms with Crippen molar-refractivity contribution in [2.24, 2.45) is 5.41 Å². The Morgan fingerprint density at radius 2 is 2.15 bits per heavy atom. The summed E-state index contributed by atoms with van der Waals surface area (Å²) in [6, 6.07) is 3.58. The summed E-state index contributed by atoms with van der Waals surface area (Å²) >= 11 is 1.81. The van der Waals surface area contributed by atoms with Gasteiger partial charge in [-0.3, -0.25) is 9.59 Å². The average molecular weight is 295 g/mol. The fraction of sp³-hybridized carbons (Fsp3) is 0.600. The van der Waals surface area contributed by atoms with Gasteiger partial charge in [0.1, 0.15) is 0 Å². The third-order valence-electron chi connectivity index (χ3n) is 4.20. The van der Waals surface area contributed by atoms with Crippen LogP contribution in [0.15, 0.2) is 23.1 Å². The molecule has 2 heterocycles. The number of nitrogens with zero attached hydrogens (tertiary/aromatic N) is 1. The zero-order chi connectivity index (χ0) is 14.6. The molecule has 110 valence electrons. The van der Waals surface area contributed by atoms with Crippen LogP contribution in [0.3, 0.4) is 0 Å². The molecular formula is C15H21NO3S. The Bertz CT molecular complexity index is 532. The molecule has 4 nitrogen and oxygen atoms in total. The third kappa shape index (κ3) is 3.26.